The molecule has 0 aliphatic heterocycles. The Morgan fingerprint density at radius 3 is 1.98 bits per heavy atom. The van der Waals surface area contributed by atoms with Crippen LogP contribution in [0, 0.1) is 17.6 Å². The number of halogens is 3. The smallest absolute Gasteiger partial charge is 0.325 e. The topological polar surface area (TPSA) is 160 Å². The Kier molecular flexibility index (Phi) is 13.5. The number of nitrogens with two attached hydrogens (primary N) is 2. The van der Waals surface area contributed by atoms with Crippen molar-refractivity contribution in [1.29, 1.82) is 0 Å². The molecule has 3 aromatic rings. The average Bonchev–Trinajstić information content (AvgIpc) is 2.84. The Morgan fingerprint density at radius 2 is 1.55 bits per heavy atom. The van der Waals surface area contributed by atoms with Crippen molar-refractivity contribution in [3.05, 3.63) is 76.8 Å². The molecule has 1 heterocycles. The van der Waals surface area contributed by atoms with Gasteiger partial charge in [-0.1, -0.05) is 56.6 Å². The van der Waals surface area contributed by atoms with Crippen LogP contribution in [-0.2, 0) is 15.8 Å². The van der Waals surface area contributed by atoms with Crippen molar-refractivity contribution in [3.8, 4) is 11.3 Å². The van der Waals surface area contributed by atoms with Gasteiger partial charge in [0.05, 0.1) is 11.7 Å². The Bertz CT molecular complexity index is 1340. The zero-order chi connectivity index (χ0) is 30.8. The Morgan fingerprint density at radius 1 is 1.05 bits per heavy atom. The van der Waals surface area contributed by atoms with Crippen LogP contribution in [0.4, 0.5) is 25.1 Å². The van der Waals surface area contributed by atoms with Crippen LogP contribution >= 0.6 is 19.2 Å². The fourth-order valence-corrected chi connectivity index (χ4v) is 3.67. The fraction of sp³-hybridized carbons (Fsp3) is 0.296. The maximum atomic E-state index is 14.2. The first kappa shape index (κ1) is 34.8. The number of primary amides is 1. The Balaban J connectivity index is 0.000000513. The van der Waals surface area contributed by atoms with E-state index in [0.717, 1.165) is 29.9 Å². The number of aromatic nitrogens is 1. The molecule has 0 aliphatic rings. The minimum atomic E-state index is -3.64. The number of hydrogen-bond donors (Lipinski definition) is 4. The van der Waals surface area contributed by atoms with Crippen LogP contribution in [0.2, 0.25) is 5.02 Å². The first-order valence-electron chi connectivity index (χ1n) is 12.1. The zero-order valence-corrected chi connectivity index (χ0v) is 24.5. The van der Waals surface area contributed by atoms with Crippen molar-refractivity contribution in [1.82, 2.24) is 4.98 Å². The third-order valence-corrected chi connectivity index (χ3v) is 5.64. The second-order valence-corrected chi connectivity index (χ2v) is 11.0. The van der Waals surface area contributed by atoms with E-state index in [2.05, 4.69) is 4.98 Å². The van der Waals surface area contributed by atoms with E-state index in [1.54, 1.807) is 24.3 Å². The fourth-order valence-electron chi connectivity index (χ4n) is 3.37. The number of amides is 2. The molecule has 0 saturated carbocycles. The number of rotatable bonds is 6. The molecule has 0 unspecified atom stereocenters. The van der Waals surface area contributed by atoms with Gasteiger partial charge in [0.25, 0.3) is 0 Å². The van der Waals surface area contributed by atoms with E-state index in [-0.39, 0.29) is 23.6 Å². The molecule has 1 aromatic heterocycles. The van der Waals surface area contributed by atoms with Gasteiger partial charge < -0.3 is 21.3 Å². The van der Waals surface area contributed by atoms with Crippen molar-refractivity contribution in [2.45, 2.75) is 40.2 Å². The molecule has 3 rings (SSSR count). The lowest BCUT2D eigenvalue weighted by molar-refractivity contribution is -0.119. The number of anilines is 2. The highest BCUT2D eigenvalue weighted by Gasteiger charge is 2.24. The number of benzene rings is 2. The summed E-state index contributed by atoms with van der Waals surface area (Å²) < 4.78 is 37.7. The highest BCUT2D eigenvalue weighted by atomic mass is 35.5. The molecule has 2 aromatic carbocycles. The van der Waals surface area contributed by atoms with Gasteiger partial charge in [0.15, 0.2) is 0 Å². The summed E-state index contributed by atoms with van der Waals surface area (Å²) in [7, 11) is -3.64. The van der Waals surface area contributed by atoms with Gasteiger partial charge in [-0.05, 0) is 55.2 Å². The first-order chi connectivity index (χ1) is 18.5. The van der Waals surface area contributed by atoms with Crippen LogP contribution in [0.25, 0.3) is 11.3 Å². The summed E-state index contributed by atoms with van der Waals surface area (Å²) in [5, 5.41) is 0.592. The number of Topliss-reactive ketones (excluding diaryl/α,β-unsaturated/α-hetero) is 1. The average molecular weight is 599 g/mol. The van der Waals surface area contributed by atoms with Crippen molar-refractivity contribution in [2.75, 3.05) is 11.6 Å². The summed E-state index contributed by atoms with van der Waals surface area (Å²) in [4.78, 5) is 42.8. The van der Waals surface area contributed by atoms with E-state index < -0.39 is 30.9 Å². The SMILES string of the molecule is CC(=O)[C@@H](N)C(C)C.CCc1c(Cl)cccc1-c1cccc(N(C(N)=O)c2c(F)cccc2F)n1.CP(=O)(O)O. The van der Waals surface area contributed by atoms with Crippen molar-refractivity contribution in [3.63, 3.8) is 0 Å². The molecule has 2 amide bonds. The van der Waals surface area contributed by atoms with Crippen molar-refractivity contribution < 1.29 is 32.7 Å². The lowest BCUT2D eigenvalue weighted by Gasteiger charge is -2.21. The summed E-state index contributed by atoms with van der Waals surface area (Å²) >= 11 is 6.26. The molecule has 0 aliphatic carbocycles. The van der Waals surface area contributed by atoms with E-state index in [1.807, 2.05) is 26.8 Å². The molecule has 0 radical (unpaired) electrons. The lowest BCUT2D eigenvalue weighted by Crippen LogP contribution is -2.33. The molecular weight excluding hydrogens is 565 g/mol. The Labute approximate surface area is 237 Å². The van der Waals surface area contributed by atoms with Gasteiger partial charge in [0.2, 0.25) is 0 Å². The first-order valence-corrected chi connectivity index (χ1v) is 14.5. The molecule has 1 atom stereocenters. The summed E-state index contributed by atoms with van der Waals surface area (Å²) in [5.41, 5.74) is 12.4. The molecule has 40 heavy (non-hydrogen) atoms. The van der Waals surface area contributed by atoms with Gasteiger partial charge in [-0.15, -0.1) is 0 Å². The predicted molar refractivity (Wildman–Crippen MR) is 154 cm³/mol. The van der Waals surface area contributed by atoms with Crippen LogP contribution in [0.3, 0.4) is 0 Å². The quantitative estimate of drug-likeness (QED) is 0.260. The number of ketones is 1. The third kappa shape index (κ3) is 10.7. The molecule has 0 bridgehead atoms. The summed E-state index contributed by atoms with van der Waals surface area (Å²) in [5.74, 6) is -1.49. The maximum Gasteiger partial charge on any atom is 0.325 e. The van der Waals surface area contributed by atoms with Crippen LogP contribution in [0.15, 0.2) is 54.6 Å². The van der Waals surface area contributed by atoms with Gasteiger partial charge in [-0.3, -0.25) is 9.36 Å². The van der Waals surface area contributed by atoms with E-state index in [4.69, 9.17) is 32.9 Å². The number of carbonyl (C=O) groups is 2. The Hall–Kier alpha value is -3.21. The number of urea groups is 1. The van der Waals surface area contributed by atoms with Crippen molar-refractivity contribution >= 4 is 42.5 Å². The molecule has 0 spiro atoms. The summed E-state index contributed by atoms with van der Waals surface area (Å²) in [6.45, 7) is 8.20. The number of hydrogen-bond acceptors (Lipinski definition) is 5. The predicted octanol–water partition coefficient (Wildman–Crippen LogP) is 5.81. The largest absolute Gasteiger partial charge is 0.351 e. The van der Waals surface area contributed by atoms with Crippen LogP contribution in [0.5, 0.6) is 0 Å². The highest BCUT2D eigenvalue weighted by molar-refractivity contribution is 7.50. The van der Waals surface area contributed by atoms with Crippen LogP contribution in [0.1, 0.15) is 33.3 Å². The molecule has 6 N–H and O–H groups in total. The normalized spacial score (nSPS) is 11.5. The van der Waals surface area contributed by atoms with Crippen LogP contribution in [-0.4, -0.2) is 39.3 Å². The van der Waals surface area contributed by atoms with Gasteiger partial charge >= 0.3 is 13.6 Å². The van der Waals surface area contributed by atoms with E-state index in [0.29, 0.717) is 22.0 Å². The van der Waals surface area contributed by atoms with Gasteiger partial charge in [-0.25, -0.2) is 23.5 Å². The molecular formula is C27H34ClF2N4O5P. The van der Waals surface area contributed by atoms with E-state index in [9.17, 15) is 22.9 Å². The van der Waals surface area contributed by atoms with Crippen molar-refractivity contribution in [2.24, 2.45) is 17.4 Å². The second-order valence-electron chi connectivity index (χ2n) is 8.96. The summed E-state index contributed by atoms with van der Waals surface area (Å²) in [6, 6.07) is 12.2. The lowest BCUT2D eigenvalue weighted by atomic mass is 10.0. The minimum absolute atomic E-state index is 0.00558. The third-order valence-electron chi connectivity index (χ3n) is 5.28. The maximum absolute atomic E-state index is 14.2. The number of para-hydroxylation sites is 1. The number of pyridine rings is 1. The van der Waals surface area contributed by atoms with Gasteiger partial charge in [-0.2, -0.15) is 0 Å². The molecule has 0 saturated heterocycles. The van der Waals surface area contributed by atoms with E-state index >= 15 is 0 Å². The minimum Gasteiger partial charge on any atom is -0.351 e. The number of carbonyl (C=O) groups excluding carboxylic acids is 2. The molecule has 9 nitrogen and oxygen atoms in total. The molecule has 13 heteroatoms. The monoisotopic (exact) mass is 598 g/mol. The van der Waals surface area contributed by atoms with Gasteiger partial charge in [0, 0.05) is 17.3 Å². The van der Waals surface area contributed by atoms with E-state index in [1.165, 1.54) is 19.1 Å². The molecule has 0 fully saturated rings. The molecule has 218 valence electrons. The standard InChI is InChI=1S/C20H16ClF2N3O.C6H13NO.CH5O3P/c1-2-12-13(6-3-7-14(12)21)17-10-5-11-18(25-17)26(20(24)27)19-15(22)8-4-9-16(19)23;1-4(2)6(7)5(3)8;1-5(2,3)4/h3-11H,2H2,1H3,(H2,24,27);4,6H,7H2,1-3H3;1H3,(H2,2,3,4)/t;6-;/m.0./s1. The number of nitrogens with zero attached hydrogens (tertiary/aromatic N) is 2. The highest BCUT2D eigenvalue weighted by Crippen LogP contribution is 2.33. The second kappa shape index (κ2) is 15.5. The van der Waals surface area contributed by atoms with Crippen LogP contribution < -0.4 is 16.4 Å². The summed E-state index contributed by atoms with van der Waals surface area (Å²) in [6.07, 6.45) is 0.669. The zero-order valence-electron chi connectivity index (χ0n) is 22.8. The van der Waals surface area contributed by atoms with Gasteiger partial charge in [0.1, 0.15) is 28.9 Å².